The van der Waals surface area contributed by atoms with Crippen LogP contribution in [0.1, 0.15) is 11.3 Å². The summed E-state index contributed by atoms with van der Waals surface area (Å²) >= 11 is 0. The zero-order chi connectivity index (χ0) is 19.9. The molecule has 3 rings (SSSR count). The Hall–Kier alpha value is -2.62. The van der Waals surface area contributed by atoms with E-state index in [-0.39, 0.29) is 29.8 Å². The van der Waals surface area contributed by atoms with Crippen LogP contribution in [0.25, 0.3) is 0 Å². The van der Waals surface area contributed by atoms with Gasteiger partial charge in [0.2, 0.25) is 5.88 Å². The molecule has 0 atom stereocenters. The number of benzene rings is 1. The molecule has 154 valence electrons. The van der Waals surface area contributed by atoms with Gasteiger partial charge in [0, 0.05) is 57.4 Å². The number of hydrogen-bond donors (Lipinski definition) is 1. The summed E-state index contributed by atoms with van der Waals surface area (Å²) in [7, 11) is 5.75. The number of aromatic nitrogens is 2. The minimum absolute atomic E-state index is 0. The highest BCUT2D eigenvalue weighted by Gasteiger charge is 2.11. The molecule has 0 aliphatic rings. The monoisotopic (exact) mass is 509 g/mol. The zero-order valence-corrected chi connectivity index (χ0v) is 19.0. The van der Waals surface area contributed by atoms with Crippen LogP contribution in [0.3, 0.4) is 0 Å². The molecule has 0 radical (unpaired) electrons. The van der Waals surface area contributed by atoms with E-state index in [0.29, 0.717) is 18.2 Å². The van der Waals surface area contributed by atoms with Gasteiger partial charge in [-0.05, 0) is 30.3 Å². The molecule has 2 aromatic heterocycles. The third-order valence-electron chi connectivity index (χ3n) is 4.32. The van der Waals surface area contributed by atoms with Crippen molar-refractivity contribution in [1.82, 2.24) is 19.8 Å². The van der Waals surface area contributed by atoms with Gasteiger partial charge in [0.25, 0.3) is 0 Å². The number of halogens is 2. The molecule has 0 bridgehead atoms. The molecule has 0 spiro atoms. The van der Waals surface area contributed by atoms with Gasteiger partial charge >= 0.3 is 0 Å². The molecule has 0 saturated heterocycles. The third kappa shape index (κ3) is 6.18. The van der Waals surface area contributed by atoms with Crippen LogP contribution in [0.2, 0.25) is 0 Å². The molecule has 0 saturated carbocycles. The SMILES string of the molecule is CN=C(NCc1cccnc1Oc1cccc(F)c1)N(C)Cc1cccn1C.I. The molecule has 1 N–H and O–H groups in total. The standard InChI is InChI=1S/C21H24FN5O.HI/c1-23-21(27(3)15-18-9-6-12-26(18)2)25-14-16-7-5-11-24-20(16)28-19-10-4-8-17(22)13-19;/h4-13H,14-15H2,1-3H3,(H,23,25);1H. The number of rotatable bonds is 6. The van der Waals surface area contributed by atoms with Crippen molar-refractivity contribution in [3.63, 3.8) is 0 Å². The van der Waals surface area contributed by atoms with Crippen LogP contribution in [0.5, 0.6) is 11.6 Å². The highest BCUT2D eigenvalue weighted by atomic mass is 127. The molecule has 0 aliphatic carbocycles. The van der Waals surface area contributed by atoms with E-state index in [1.54, 1.807) is 25.4 Å². The molecular weight excluding hydrogens is 484 g/mol. The average molecular weight is 509 g/mol. The van der Waals surface area contributed by atoms with E-state index in [1.165, 1.54) is 17.8 Å². The first kappa shape index (κ1) is 22.7. The number of nitrogens with zero attached hydrogens (tertiary/aromatic N) is 4. The van der Waals surface area contributed by atoms with Gasteiger partial charge in [-0.15, -0.1) is 24.0 Å². The van der Waals surface area contributed by atoms with Crippen LogP contribution in [-0.2, 0) is 20.1 Å². The third-order valence-corrected chi connectivity index (χ3v) is 4.32. The second kappa shape index (κ2) is 10.8. The molecule has 2 heterocycles. The lowest BCUT2D eigenvalue weighted by atomic mass is 10.2. The lowest BCUT2D eigenvalue weighted by Crippen LogP contribution is -2.38. The van der Waals surface area contributed by atoms with E-state index in [0.717, 1.165) is 18.1 Å². The molecule has 6 nitrogen and oxygen atoms in total. The van der Waals surface area contributed by atoms with Crippen molar-refractivity contribution in [2.45, 2.75) is 13.1 Å². The Labute approximate surface area is 187 Å². The van der Waals surface area contributed by atoms with E-state index in [4.69, 9.17) is 4.74 Å². The van der Waals surface area contributed by atoms with Gasteiger partial charge in [-0.2, -0.15) is 0 Å². The second-order valence-electron chi connectivity index (χ2n) is 6.39. The molecule has 29 heavy (non-hydrogen) atoms. The summed E-state index contributed by atoms with van der Waals surface area (Å²) in [6.45, 7) is 1.20. The normalized spacial score (nSPS) is 11.0. The summed E-state index contributed by atoms with van der Waals surface area (Å²) in [6.07, 6.45) is 3.67. The van der Waals surface area contributed by atoms with Gasteiger partial charge in [-0.25, -0.2) is 9.37 Å². The number of ether oxygens (including phenoxy) is 1. The second-order valence-corrected chi connectivity index (χ2v) is 6.39. The van der Waals surface area contributed by atoms with Crippen molar-refractivity contribution >= 4 is 29.9 Å². The Balaban J connectivity index is 0.00000300. The minimum atomic E-state index is -0.351. The summed E-state index contributed by atoms with van der Waals surface area (Å²) in [5.41, 5.74) is 2.03. The Morgan fingerprint density at radius 3 is 2.76 bits per heavy atom. The van der Waals surface area contributed by atoms with E-state index in [9.17, 15) is 4.39 Å². The first-order valence-electron chi connectivity index (χ1n) is 8.96. The van der Waals surface area contributed by atoms with Gasteiger partial charge in [0.1, 0.15) is 11.6 Å². The Bertz CT molecular complexity index is 960. The van der Waals surface area contributed by atoms with Crippen molar-refractivity contribution < 1.29 is 9.13 Å². The predicted octanol–water partition coefficient (Wildman–Crippen LogP) is 4.18. The van der Waals surface area contributed by atoms with Crippen LogP contribution in [0.4, 0.5) is 4.39 Å². The van der Waals surface area contributed by atoms with Gasteiger partial charge in [0.05, 0.1) is 6.54 Å². The first-order chi connectivity index (χ1) is 13.6. The molecular formula is C21H25FIN5O. The quantitative estimate of drug-likeness (QED) is 0.308. The maximum Gasteiger partial charge on any atom is 0.224 e. The van der Waals surface area contributed by atoms with Gasteiger partial charge < -0.3 is 19.5 Å². The number of pyridine rings is 1. The molecule has 0 amide bonds. The summed E-state index contributed by atoms with van der Waals surface area (Å²) in [6, 6.07) is 13.9. The van der Waals surface area contributed by atoms with Crippen molar-refractivity contribution in [2.75, 3.05) is 14.1 Å². The maximum atomic E-state index is 13.4. The highest BCUT2D eigenvalue weighted by molar-refractivity contribution is 14.0. The first-order valence-corrected chi connectivity index (χ1v) is 8.96. The molecule has 3 aromatic rings. The highest BCUT2D eigenvalue weighted by Crippen LogP contribution is 2.23. The smallest absolute Gasteiger partial charge is 0.224 e. The Morgan fingerprint density at radius 2 is 2.07 bits per heavy atom. The largest absolute Gasteiger partial charge is 0.439 e. The van der Waals surface area contributed by atoms with Crippen molar-refractivity contribution in [2.24, 2.45) is 12.0 Å². The Kier molecular flexibility index (Phi) is 8.44. The number of aryl methyl sites for hydroxylation is 1. The number of aliphatic imine (C=N–C) groups is 1. The van der Waals surface area contributed by atoms with Gasteiger partial charge in [-0.3, -0.25) is 4.99 Å². The molecule has 8 heteroatoms. The predicted molar refractivity (Wildman–Crippen MR) is 123 cm³/mol. The fourth-order valence-electron chi connectivity index (χ4n) is 2.83. The average Bonchev–Trinajstić information content (AvgIpc) is 3.08. The Morgan fingerprint density at radius 1 is 1.24 bits per heavy atom. The zero-order valence-electron chi connectivity index (χ0n) is 16.7. The maximum absolute atomic E-state index is 13.4. The van der Waals surface area contributed by atoms with E-state index < -0.39 is 0 Å². The summed E-state index contributed by atoms with van der Waals surface area (Å²) in [5, 5.41) is 3.33. The van der Waals surface area contributed by atoms with Crippen molar-refractivity contribution in [3.05, 3.63) is 78.0 Å². The topological polar surface area (TPSA) is 54.7 Å². The number of guanidine groups is 1. The molecule has 0 aliphatic heterocycles. The number of nitrogens with one attached hydrogen (secondary N) is 1. The van der Waals surface area contributed by atoms with E-state index in [2.05, 4.69) is 25.9 Å². The van der Waals surface area contributed by atoms with Crippen LogP contribution in [0, 0.1) is 5.82 Å². The summed E-state index contributed by atoms with van der Waals surface area (Å²) < 4.78 is 21.3. The van der Waals surface area contributed by atoms with Crippen LogP contribution < -0.4 is 10.1 Å². The van der Waals surface area contributed by atoms with E-state index >= 15 is 0 Å². The van der Waals surface area contributed by atoms with Crippen molar-refractivity contribution in [1.29, 1.82) is 0 Å². The molecule has 0 unspecified atom stereocenters. The van der Waals surface area contributed by atoms with Crippen molar-refractivity contribution in [3.8, 4) is 11.6 Å². The van der Waals surface area contributed by atoms with E-state index in [1.807, 2.05) is 43.4 Å². The lowest BCUT2D eigenvalue weighted by Gasteiger charge is -2.22. The number of hydrogen-bond acceptors (Lipinski definition) is 3. The van der Waals surface area contributed by atoms with Crippen LogP contribution in [0.15, 0.2) is 65.9 Å². The minimum Gasteiger partial charge on any atom is -0.439 e. The summed E-state index contributed by atoms with van der Waals surface area (Å²) in [5.74, 6) is 1.24. The lowest BCUT2D eigenvalue weighted by molar-refractivity contribution is 0.445. The van der Waals surface area contributed by atoms with Gasteiger partial charge in [-0.1, -0.05) is 12.1 Å². The summed E-state index contributed by atoms with van der Waals surface area (Å²) in [4.78, 5) is 10.7. The van der Waals surface area contributed by atoms with Crippen LogP contribution >= 0.6 is 24.0 Å². The van der Waals surface area contributed by atoms with Crippen LogP contribution in [-0.4, -0.2) is 34.5 Å². The van der Waals surface area contributed by atoms with Gasteiger partial charge in [0.15, 0.2) is 5.96 Å². The fraction of sp³-hybridized carbons (Fsp3) is 0.238. The molecule has 1 aromatic carbocycles. The fourth-order valence-corrected chi connectivity index (χ4v) is 2.83. The molecule has 0 fully saturated rings.